The van der Waals surface area contributed by atoms with Gasteiger partial charge in [0, 0.05) is 6.54 Å². The Labute approximate surface area is 119 Å². The van der Waals surface area contributed by atoms with Crippen molar-refractivity contribution >= 4 is 5.91 Å². The van der Waals surface area contributed by atoms with Crippen molar-refractivity contribution in [2.75, 3.05) is 27.3 Å². The van der Waals surface area contributed by atoms with Crippen LogP contribution in [0.5, 0.6) is 11.5 Å². The van der Waals surface area contributed by atoms with Crippen molar-refractivity contribution in [2.24, 2.45) is 0 Å². The van der Waals surface area contributed by atoms with Gasteiger partial charge in [0.05, 0.1) is 20.3 Å². The SMILES string of the molecule is COc1ccc(CCNC(=O)[C@@H]2CCCN2)cc1OC. The van der Waals surface area contributed by atoms with Crippen molar-refractivity contribution in [2.45, 2.75) is 25.3 Å². The van der Waals surface area contributed by atoms with Gasteiger partial charge in [-0.05, 0) is 43.5 Å². The van der Waals surface area contributed by atoms with E-state index in [4.69, 9.17) is 9.47 Å². The van der Waals surface area contributed by atoms with E-state index in [1.165, 1.54) is 0 Å². The first-order chi connectivity index (χ1) is 9.74. The summed E-state index contributed by atoms with van der Waals surface area (Å²) in [7, 11) is 3.24. The molecular weight excluding hydrogens is 256 g/mol. The van der Waals surface area contributed by atoms with Gasteiger partial charge >= 0.3 is 0 Å². The molecule has 0 saturated carbocycles. The molecular formula is C15H22N2O3. The lowest BCUT2D eigenvalue weighted by atomic mass is 10.1. The minimum Gasteiger partial charge on any atom is -0.493 e. The van der Waals surface area contributed by atoms with Gasteiger partial charge in [0.1, 0.15) is 0 Å². The largest absolute Gasteiger partial charge is 0.493 e. The zero-order chi connectivity index (χ0) is 14.4. The minimum absolute atomic E-state index is 0.0135. The highest BCUT2D eigenvalue weighted by Gasteiger charge is 2.21. The number of carbonyl (C=O) groups is 1. The first-order valence-corrected chi connectivity index (χ1v) is 6.96. The van der Waals surface area contributed by atoms with Crippen LogP contribution in [-0.4, -0.2) is 39.3 Å². The van der Waals surface area contributed by atoms with Crippen LogP contribution in [0, 0.1) is 0 Å². The molecule has 110 valence electrons. The molecule has 5 nitrogen and oxygen atoms in total. The Morgan fingerprint density at radius 2 is 2.15 bits per heavy atom. The summed E-state index contributed by atoms with van der Waals surface area (Å²) in [5.41, 5.74) is 1.11. The van der Waals surface area contributed by atoms with E-state index < -0.39 is 0 Å². The monoisotopic (exact) mass is 278 g/mol. The van der Waals surface area contributed by atoms with E-state index in [1.54, 1.807) is 14.2 Å². The molecule has 0 unspecified atom stereocenters. The molecule has 1 aromatic rings. The van der Waals surface area contributed by atoms with Gasteiger partial charge in [0.25, 0.3) is 0 Å². The number of rotatable bonds is 6. The van der Waals surface area contributed by atoms with Gasteiger partial charge in [0.2, 0.25) is 5.91 Å². The molecule has 2 rings (SSSR count). The van der Waals surface area contributed by atoms with E-state index in [-0.39, 0.29) is 11.9 Å². The van der Waals surface area contributed by atoms with E-state index in [9.17, 15) is 4.79 Å². The average molecular weight is 278 g/mol. The number of hydrogen-bond donors (Lipinski definition) is 2. The van der Waals surface area contributed by atoms with Gasteiger partial charge in [-0.3, -0.25) is 4.79 Å². The molecule has 0 radical (unpaired) electrons. The summed E-state index contributed by atoms with van der Waals surface area (Å²) in [6.45, 7) is 1.57. The van der Waals surface area contributed by atoms with Gasteiger partial charge in [-0.15, -0.1) is 0 Å². The smallest absolute Gasteiger partial charge is 0.237 e. The van der Waals surface area contributed by atoms with Gasteiger partial charge in [-0.2, -0.15) is 0 Å². The number of carbonyl (C=O) groups excluding carboxylic acids is 1. The maximum atomic E-state index is 11.8. The Morgan fingerprint density at radius 3 is 2.80 bits per heavy atom. The second-order valence-corrected chi connectivity index (χ2v) is 4.88. The predicted molar refractivity (Wildman–Crippen MR) is 77.3 cm³/mol. The van der Waals surface area contributed by atoms with Crippen LogP contribution in [0.3, 0.4) is 0 Å². The van der Waals surface area contributed by atoms with Crippen LogP contribution >= 0.6 is 0 Å². The number of hydrogen-bond acceptors (Lipinski definition) is 4. The maximum Gasteiger partial charge on any atom is 0.237 e. The number of benzene rings is 1. The fourth-order valence-electron chi connectivity index (χ4n) is 2.40. The van der Waals surface area contributed by atoms with Crippen molar-refractivity contribution in [3.05, 3.63) is 23.8 Å². The fourth-order valence-corrected chi connectivity index (χ4v) is 2.40. The molecule has 5 heteroatoms. The molecule has 0 aromatic heterocycles. The van der Waals surface area contributed by atoms with Crippen molar-refractivity contribution in [1.29, 1.82) is 0 Å². The number of nitrogens with one attached hydrogen (secondary N) is 2. The molecule has 0 aliphatic carbocycles. The van der Waals surface area contributed by atoms with Crippen molar-refractivity contribution in [3.63, 3.8) is 0 Å². The molecule has 0 bridgehead atoms. The van der Waals surface area contributed by atoms with Gasteiger partial charge in [-0.25, -0.2) is 0 Å². The summed E-state index contributed by atoms with van der Waals surface area (Å²) in [4.78, 5) is 11.8. The van der Waals surface area contributed by atoms with Crippen LogP contribution in [0.4, 0.5) is 0 Å². The normalized spacial score (nSPS) is 17.8. The quantitative estimate of drug-likeness (QED) is 0.818. The first-order valence-electron chi connectivity index (χ1n) is 6.96. The first kappa shape index (κ1) is 14.7. The lowest BCUT2D eigenvalue weighted by molar-refractivity contribution is -0.122. The highest BCUT2D eigenvalue weighted by atomic mass is 16.5. The molecule has 1 atom stereocenters. The lowest BCUT2D eigenvalue weighted by Gasteiger charge is -2.12. The Kier molecular flexibility index (Phi) is 5.24. The van der Waals surface area contributed by atoms with E-state index in [2.05, 4.69) is 10.6 Å². The molecule has 2 N–H and O–H groups in total. The summed E-state index contributed by atoms with van der Waals surface area (Å²) in [5, 5.41) is 6.16. The highest BCUT2D eigenvalue weighted by molar-refractivity contribution is 5.81. The Bertz CT molecular complexity index is 456. The summed E-state index contributed by atoms with van der Waals surface area (Å²) in [5.74, 6) is 1.53. The number of ether oxygens (including phenoxy) is 2. The van der Waals surface area contributed by atoms with Crippen LogP contribution in [0.25, 0.3) is 0 Å². The predicted octanol–water partition coefficient (Wildman–Crippen LogP) is 1.11. The van der Waals surface area contributed by atoms with Crippen LogP contribution in [0.1, 0.15) is 18.4 Å². The summed E-state index contributed by atoms with van der Waals surface area (Å²) in [6.07, 6.45) is 2.79. The van der Waals surface area contributed by atoms with E-state index in [0.29, 0.717) is 12.3 Å². The molecule has 1 aromatic carbocycles. The Balaban J connectivity index is 1.83. The lowest BCUT2D eigenvalue weighted by Crippen LogP contribution is -2.41. The highest BCUT2D eigenvalue weighted by Crippen LogP contribution is 2.27. The van der Waals surface area contributed by atoms with Crippen LogP contribution in [-0.2, 0) is 11.2 Å². The van der Waals surface area contributed by atoms with E-state index in [1.807, 2.05) is 18.2 Å². The second-order valence-electron chi connectivity index (χ2n) is 4.88. The average Bonchev–Trinajstić information content (AvgIpc) is 3.01. The summed E-state index contributed by atoms with van der Waals surface area (Å²) >= 11 is 0. The van der Waals surface area contributed by atoms with Crippen LogP contribution in [0.2, 0.25) is 0 Å². The zero-order valence-corrected chi connectivity index (χ0v) is 12.1. The number of amides is 1. The van der Waals surface area contributed by atoms with Gasteiger partial charge < -0.3 is 20.1 Å². The number of methoxy groups -OCH3 is 2. The van der Waals surface area contributed by atoms with Crippen molar-refractivity contribution < 1.29 is 14.3 Å². The molecule has 0 spiro atoms. The van der Waals surface area contributed by atoms with Crippen molar-refractivity contribution in [3.8, 4) is 11.5 Å². The Morgan fingerprint density at radius 1 is 1.35 bits per heavy atom. The van der Waals surface area contributed by atoms with Crippen LogP contribution < -0.4 is 20.1 Å². The van der Waals surface area contributed by atoms with Gasteiger partial charge in [-0.1, -0.05) is 6.07 Å². The molecule has 1 amide bonds. The fraction of sp³-hybridized carbons (Fsp3) is 0.533. The summed E-state index contributed by atoms with van der Waals surface area (Å²) in [6, 6.07) is 5.80. The molecule has 1 aliphatic heterocycles. The maximum absolute atomic E-state index is 11.8. The molecule has 20 heavy (non-hydrogen) atoms. The third-order valence-electron chi connectivity index (χ3n) is 3.54. The molecule has 1 fully saturated rings. The van der Waals surface area contributed by atoms with Crippen molar-refractivity contribution in [1.82, 2.24) is 10.6 Å². The molecule has 1 heterocycles. The van der Waals surface area contributed by atoms with E-state index >= 15 is 0 Å². The standard InChI is InChI=1S/C15H22N2O3/c1-19-13-6-5-11(10-14(13)20-2)7-9-17-15(18)12-4-3-8-16-12/h5-6,10,12,16H,3-4,7-9H2,1-2H3,(H,17,18)/t12-/m0/s1. The minimum atomic E-state index is -0.0135. The molecule has 1 aliphatic rings. The second kappa shape index (κ2) is 7.14. The van der Waals surface area contributed by atoms with Crippen LogP contribution in [0.15, 0.2) is 18.2 Å². The molecule has 1 saturated heterocycles. The van der Waals surface area contributed by atoms with Gasteiger partial charge in [0.15, 0.2) is 11.5 Å². The zero-order valence-electron chi connectivity index (χ0n) is 12.1. The third kappa shape index (κ3) is 3.63. The van der Waals surface area contributed by atoms with E-state index in [0.717, 1.165) is 37.1 Å². The Hall–Kier alpha value is -1.75. The third-order valence-corrected chi connectivity index (χ3v) is 3.54. The summed E-state index contributed by atoms with van der Waals surface area (Å²) < 4.78 is 10.5. The topological polar surface area (TPSA) is 59.6 Å².